The molecule has 2 aromatic carbocycles. The molecular weight excluding hydrogens is 272 g/mol. The van der Waals surface area contributed by atoms with Crippen LogP contribution in [0.25, 0.3) is 0 Å². The maximum absolute atomic E-state index is 12.7. The first kappa shape index (κ1) is 13.1. The molecule has 1 heterocycles. The fourth-order valence-corrected chi connectivity index (χ4v) is 3.74. The molecule has 0 aliphatic carbocycles. The molecule has 0 saturated heterocycles. The van der Waals surface area contributed by atoms with Crippen molar-refractivity contribution in [2.24, 2.45) is 0 Å². The molecule has 0 bridgehead atoms. The van der Waals surface area contributed by atoms with Crippen LogP contribution in [0.5, 0.6) is 11.5 Å². The number of phenolic OH excluding ortho intramolecular Hbond substituents is 2. The van der Waals surface area contributed by atoms with Crippen LogP contribution in [-0.4, -0.2) is 16.0 Å². The molecule has 0 amide bonds. The first-order valence-electron chi connectivity index (χ1n) is 6.49. The predicted octanol–water partition coefficient (Wildman–Crippen LogP) is 3.94. The van der Waals surface area contributed by atoms with Crippen molar-refractivity contribution in [3.8, 4) is 11.5 Å². The lowest BCUT2D eigenvalue weighted by Gasteiger charge is -2.13. The number of carbonyl (C=O) groups excluding carboxylic acids is 1. The van der Waals surface area contributed by atoms with E-state index < -0.39 is 0 Å². The number of ketones is 1. The van der Waals surface area contributed by atoms with E-state index >= 15 is 0 Å². The molecule has 1 aliphatic rings. The van der Waals surface area contributed by atoms with Crippen molar-refractivity contribution >= 4 is 17.5 Å². The van der Waals surface area contributed by atoms with Gasteiger partial charge in [-0.15, -0.1) is 0 Å². The second-order valence-corrected chi connectivity index (χ2v) is 5.83. The van der Waals surface area contributed by atoms with Crippen LogP contribution < -0.4 is 0 Å². The first-order valence-corrected chi connectivity index (χ1v) is 7.31. The first-order chi connectivity index (χ1) is 9.63. The van der Waals surface area contributed by atoms with Crippen molar-refractivity contribution in [1.29, 1.82) is 0 Å². The van der Waals surface area contributed by atoms with Crippen LogP contribution in [0, 0.1) is 0 Å². The molecule has 0 radical (unpaired) electrons. The van der Waals surface area contributed by atoms with Crippen LogP contribution in [0.3, 0.4) is 0 Å². The highest BCUT2D eigenvalue weighted by Crippen LogP contribution is 2.48. The summed E-state index contributed by atoms with van der Waals surface area (Å²) in [5, 5.41) is 19.7. The highest BCUT2D eigenvalue weighted by Gasteiger charge is 2.30. The summed E-state index contributed by atoms with van der Waals surface area (Å²) in [6.45, 7) is 1.98. The summed E-state index contributed by atoms with van der Waals surface area (Å²) in [5.41, 5.74) is 1.47. The Balaban J connectivity index is 2.28. The van der Waals surface area contributed by atoms with Crippen LogP contribution in [0.2, 0.25) is 0 Å². The summed E-state index contributed by atoms with van der Waals surface area (Å²) in [6.07, 6.45) is 0.706. The van der Waals surface area contributed by atoms with Gasteiger partial charge >= 0.3 is 0 Å². The largest absolute Gasteiger partial charge is 0.504 e. The van der Waals surface area contributed by atoms with Crippen molar-refractivity contribution in [2.75, 3.05) is 0 Å². The van der Waals surface area contributed by atoms with Crippen LogP contribution >= 0.6 is 11.8 Å². The van der Waals surface area contributed by atoms with Gasteiger partial charge in [-0.1, -0.05) is 36.9 Å². The number of aromatic hydroxyl groups is 2. The zero-order valence-electron chi connectivity index (χ0n) is 11.0. The number of phenols is 2. The molecular formula is C16H14O3S. The normalized spacial score (nSPS) is 17.2. The smallest absolute Gasteiger partial charge is 0.172 e. The average molecular weight is 286 g/mol. The Labute approximate surface area is 121 Å². The molecule has 4 heteroatoms. The highest BCUT2D eigenvalue weighted by atomic mass is 32.2. The van der Waals surface area contributed by atoms with Crippen molar-refractivity contribution in [3.63, 3.8) is 0 Å². The van der Waals surface area contributed by atoms with Crippen LogP contribution in [0.1, 0.15) is 35.2 Å². The quantitative estimate of drug-likeness (QED) is 0.780. The number of Topliss-reactive ketones (excluding diaryl/α,β-unsaturated/α-hetero) is 1. The molecule has 3 nitrogen and oxygen atoms in total. The van der Waals surface area contributed by atoms with Gasteiger partial charge in [0.25, 0.3) is 0 Å². The zero-order chi connectivity index (χ0) is 14.3. The van der Waals surface area contributed by atoms with Gasteiger partial charge in [0.05, 0.1) is 4.90 Å². The molecule has 1 aliphatic heterocycles. The number of rotatable bonds is 1. The predicted molar refractivity (Wildman–Crippen MR) is 77.7 cm³/mol. The third-order valence-electron chi connectivity index (χ3n) is 3.61. The van der Waals surface area contributed by atoms with Gasteiger partial charge in [0.2, 0.25) is 0 Å². The van der Waals surface area contributed by atoms with Crippen LogP contribution in [-0.2, 0) is 0 Å². The molecule has 1 atom stereocenters. The minimum absolute atomic E-state index is 0.00440. The highest BCUT2D eigenvalue weighted by molar-refractivity contribution is 7.99. The van der Waals surface area contributed by atoms with E-state index in [1.165, 1.54) is 17.8 Å². The maximum Gasteiger partial charge on any atom is 0.172 e. The second-order valence-electron chi connectivity index (χ2n) is 4.77. The number of benzene rings is 2. The van der Waals surface area contributed by atoms with E-state index in [2.05, 4.69) is 0 Å². The Kier molecular flexibility index (Phi) is 3.18. The van der Waals surface area contributed by atoms with Crippen molar-refractivity contribution in [3.05, 3.63) is 47.5 Å². The van der Waals surface area contributed by atoms with E-state index in [-0.39, 0.29) is 23.2 Å². The maximum atomic E-state index is 12.7. The topological polar surface area (TPSA) is 57.5 Å². The summed E-state index contributed by atoms with van der Waals surface area (Å²) in [4.78, 5) is 14.1. The Morgan fingerprint density at radius 1 is 1.15 bits per heavy atom. The van der Waals surface area contributed by atoms with Gasteiger partial charge in [0.15, 0.2) is 17.3 Å². The van der Waals surface area contributed by atoms with Gasteiger partial charge in [-0.05, 0) is 30.2 Å². The number of fused-ring (bicyclic) bond motifs is 2. The van der Waals surface area contributed by atoms with Gasteiger partial charge in [0, 0.05) is 16.4 Å². The third kappa shape index (κ3) is 1.88. The third-order valence-corrected chi connectivity index (χ3v) is 4.82. The molecule has 1 unspecified atom stereocenters. The van der Waals surface area contributed by atoms with Gasteiger partial charge in [-0.25, -0.2) is 0 Å². The van der Waals surface area contributed by atoms with Crippen LogP contribution in [0.4, 0.5) is 0 Å². The van der Waals surface area contributed by atoms with Crippen molar-refractivity contribution < 1.29 is 15.0 Å². The van der Waals surface area contributed by atoms with Gasteiger partial charge in [0.1, 0.15) is 0 Å². The second kappa shape index (κ2) is 4.87. The molecule has 0 fully saturated rings. The standard InChI is InChI=1S/C16H14O3S/c1-2-9-10-5-3-4-6-13(10)20-16-11(14(9)18)7-8-12(17)15(16)19/h3-9,17,19H,2H2,1H3. The molecule has 0 saturated carbocycles. The van der Waals surface area contributed by atoms with E-state index in [4.69, 9.17) is 0 Å². The van der Waals surface area contributed by atoms with Gasteiger partial charge < -0.3 is 10.2 Å². The summed E-state index contributed by atoms with van der Waals surface area (Å²) < 4.78 is 0. The minimum Gasteiger partial charge on any atom is -0.504 e. The minimum atomic E-state index is -0.215. The number of hydrogen-bond donors (Lipinski definition) is 2. The van der Waals surface area contributed by atoms with E-state index in [0.29, 0.717) is 16.9 Å². The molecule has 3 rings (SSSR count). The fourth-order valence-electron chi connectivity index (χ4n) is 2.56. The van der Waals surface area contributed by atoms with E-state index in [0.717, 1.165) is 10.5 Å². The summed E-state index contributed by atoms with van der Waals surface area (Å²) in [6, 6.07) is 10.7. The van der Waals surface area contributed by atoms with Crippen molar-refractivity contribution in [2.45, 2.75) is 29.1 Å². The Morgan fingerprint density at radius 2 is 1.90 bits per heavy atom. The molecule has 0 spiro atoms. The summed E-state index contributed by atoms with van der Waals surface area (Å²) >= 11 is 1.34. The summed E-state index contributed by atoms with van der Waals surface area (Å²) in [7, 11) is 0. The SMILES string of the molecule is CCC1C(=O)c2ccc(O)c(O)c2Sc2ccccc21. The lowest BCUT2D eigenvalue weighted by molar-refractivity contribution is 0.0953. The molecule has 0 aromatic heterocycles. The van der Waals surface area contributed by atoms with E-state index in [1.807, 2.05) is 31.2 Å². The van der Waals surface area contributed by atoms with Crippen LogP contribution in [0.15, 0.2) is 46.2 Å². The average Bonchev–Trinajstić information content (AvgIpc) is 2.57. The fraction of sp³-hybridized carbons (Fsp3) is 0.188. The van der Waals surface area contributed by atoms with E-state index in [1.54, 1.807) is 6.07 Å². The van der Waals surface area contributed by atoms with Crippen molar-refractivity contribution in [1.82, 2.24) is 0 Å². The Morgan fingerprint density at radius 3 is 2.65 bits per heavy atom. The Bertz CT molecular complexity index is 694. The van der Waals surface area contributed by atoms with Gasteiger partial charge in [-0.2, -0.15) is 0 Å². The van der Waals surface area contributed by atoms with Gasteiger partial charge in [-0.3, -0.25) is 4.79 Å². The summed E-state index contributed by atoms with van der Waals surface area (Å²) in [5.74, 6) is -0.622. The molecule has 2 N–H and O–H groups in total. The number of carbonyl (C=O) groups is 1. The lowest BCUT2D eigenvalue weighted by Crippen LogP contribution is -2.11. The molecule has 20 heavy (non-hydrogen) atoms. The van der Waals surface area contributed by atoms with E-state index in [9.17, 15) is 15.0 Å². The molecule has 102 valence electrons. The number of hydrogen-bond acceptors (Lipinski definition) is 4. The monoisotopic (exact) mass is 286 g/mol. The Hall–Kier alpha value is -1.94. The molecule has 2 aromatic rings. The zero-order valence-corrected chi connectivity index (χ0v) is 11.8. The lowest BCUT2D eigenvalue weighted by atomic mass is 9.88.